The Morgan fingerprint density at radius 3 is 2.56 bits per heavy atom. The third-order valence-electron chi connectivity index (χ3n) is 2.18. The van der Waals surface area contributed by atoms with Crippen molar-refractivity contribution in [1.29, 1.82) is 0 Å². The molecule has 0 radical (unpaired) electrons. The Kier molecular flexibility index (Phi) is 4.69. The molecule has 0 aromatic heterocycles. The maximum atomic E-state index is 11.9. The molecule has 100 valence electrons. The lowest BCUT2D eigenvalue weighted by molar-refractivity contribution is 0.150. The van der Waals surface area contributed by atoms with Crippen LogP contribution in [-0.2, 0) is 14.8 Å². The number of rotatable bonds is 4. The van der Waals surface area contributed by atoms with Gasteiger partial charge in [-0.25, -0.2) is 18.6 Å². The monoisotopic (exact) mass is 272 g/mol. The van der Waals surface area contributed by atoms with Gasteiger partial charge in [-0.05, 0) is 32.4 Å². The van der Waals surface area contributed by atoms with E-state index in [1.54, 1.807) is 26.0 Å². The molecule has 1 aromatic rings. The highest BCUT2D eigenvalue weighted by Crippen LogP contribution is 2.15. The predicted octanol–water partition coefficient (Wildman–Crippen LogP) is 1.24. The van der Waals surface area contributed by atoms with Crippen LogP contribution in [0.2, 0.25) is 0 Å². The van der Waals surface area contributed by atoms with Crippen molar-refractivity contribution in [2.24, 2.45) is 0 Å². The standard InChI is InChI=1S/C11H16N2O4S/c1-4-17-11(14)12-13-18(15,16)10-6-5-8(2)7-9(10)3/h5-7,13H,4H2,1-3H3,(H,12,14). The van der Waals surface area contributed by atoms with E-state index in [1.807, 2.05) is 17.2 Å². The van der Waals surface area contributed by atoms with Gasteiger partial charge in [0.15, 0.2) is 0 Å². The van der Waals surface area contributed by atoms with E-state index in [0.717, 1.165) is 5.56 Å². The molecule has 1 aromatic carbocycles. The first kappa shape index (κ1) is 14.5. The number of nitrogens with one attached hydrogen (secondary N) is 2. The third kappa shape index (κ3) is 3.71. The maximum Gasteiger partial charge on any atom is 0.422 e. The van der Waals surface area contributed by atoms with Crippen LogP contribution in [0.1, 0.15) is 18.1 Å². The highest BCUT2D eigenvalue weighted by Gasteiger charge is 2.17. The van der Waals surface area contributed by atoms with Crippen molar-refractivity contribution < 1.29 is 17.9 Å². The Labute approximate surface area is 106 Å². The van der Waals surface area contributed by atoms with Crippen molar-refractivity contribution in [2.75, 3.05) is 6.61 Å². The number of hydrogen-bond donors (Lipinski definition) is 2. The summed E-state index contributed by atoms with van der Waals surface area (Å²) in [7, 11) is -3.78. The predicted molar refractivity (Wildman–Crippen MR) is 66.4 cm³/mol. The molecular formula is C11H16N2O4S. The summed E-state index contributed by atoms with van der Waals surface area (Å²) < 4.78 is 28.3. The fourth-order valence-electron chi connectivity index (χ4n) is 1.43. The van der Waals surface area contributed by atoms with Gasteiger partial charge in [0.1, 0.15) is 0 Å². The normalized spacial score (nSPS) is 11.1. The first-order valence-electron chi connectivity index (χ1n) is 5.38. The van der Waals surface area contributed by atoms with Crippen LogP contribution in [0, 0.1) is 13.8 Å². The van der Waals surface area contributed by atoms with Crippen molar-refractivity contribution in [3.63, 3.8) is 0 Å². The van der Waals surface area contributed by atoms with Crippen LogP contribution >= 0.6 is 0 Å². The molecule has 7 heteroatoms. The van der Waals surface area contributed by atoms with Crippen LogP contribution in [0.15, 0.2) is 23.1 Å². The fourth-order valence-corrected chi connectivity index (χ4v) is 2.49. The molecule has 2 N–H and O–H groups in total. The van der Waals surface area contributed by atoms with Gasteiger partial charge < -0.3 is 4.74 Å². The lowest BCUT2D eigenvalue weighted by Gasteiger charge is -2.10. The Balaban J connectivity index is 2.83. The number of hydrazine groups is 1. The SMILES string of the molecule is CCOC(=O)NNS(=O)(=O)c1ccc(C)cc1C. The van der Waals surface area contributed by atoms with Crippen molar-refractivity contribution in [3.8, 4) is 0 Å². The number of carbonyl (C=O) groups excluding carboxylic acids is 1. The van der Waals surface area contributed by atoms with Crippen LogP contribution in [0.4, 0.5) is 4.79 Å². The van der Waals surface area contributed by atoms with Gasteiger partial charge in [0.25, 0.3) is 10.0 Å². The summed E-state index contributed by atoms with van der Waals surface area (Å²) in [5.41, 5.74) is 3.53. The molecule has 0 saturated carbocycles. The molecule has 0 fully saturated rings. The number of sulfonamides is 1. The van der Waals surface area contributed by atoms with E-state index < -0.39 is 16.1 Å². The van der Waals surface area contributed by atoms with Gasteiger partial charge >= 0.3 is 6.09 Å². The van der Waals surface area contributed by atoms with E-state index >= 15 is 0 Å². The largest absolute Gasteiger partial charge is 0.449 e. The summed E-state index contributed by atoms with van der Waals surface area (Å²) in [4.78, 5) is 13.1. The van der Waals surface area contributed by atoms with Crippen molar-refractivity contribution in [1.82, 2.24) is 10.3 Å². The smallest absolute Gasteiger partial charge is 0.422 e. The summed E-state index contributed by atoms with van der Waals surface area (Å²) in [6.07, 6.45) is -0.842. The third-order valence-corrected chi connectivity index (χ3v) is 3.59. The van der Waals surface area contributed by atoms with E-state index in [1.165, 1.54) is 6.07 Å². The molecule has 1 rings (SSSR count). The average Bonchev–Trinajstić information content (AvgIpc) is 2.26. The summed E-state index contributed by atoms with van der Waals surface area (Å²) in [5, 5.41) is 0. The van der Waals surface area contributed by atoms with Crippen molar-refractivity contribution in [3.05, 3.63) is 29.3 Å². The van der Waals surface area contributed by atoms with Gasteiger partial charge in [-0.15, -0.1) is 4.83 Å². The number of ether oxygens (including phenoxy) is 1. The minimum Gasteiger partial charge on any atom is -0.449 e. The molecule has 0 saturated heterocycles. The summed E-state index contributed by atoms with van der Waals surface area (Å²) >= 11 is 0. The van der Waals surface area contributed by atoms with Gasteiger partial charge in [0, 0.05) is 0 Å². The minimum atomic E-state index is -3.78. The topological polar surface area (TPSA) is 84.5 Å². The number of hydrogen-bond acceptors (Lipinski definition) is 4. The molecule has 6 nitrogen and oxygen atoms in total. The number of aryl methyl sites for hydroxylation is 2. The van der Waals surface area contributed by atoms with Crippen molar-refractivity contribution in [2.45, 2.75) is 25.7 Å². The van der Waals surface area contributed by atoms with E-state index in [4.69, 9.17) is 0 Å². The fraction of sp³-hybridized carbons (Fsp3) is 0.364. The second-order valence-corrected chi connectivity index (χ2v) is 5.37. The molecule has 1 amide bonds. The number of amides is 1. The minimum absolute atomic E-state index is 0.116. The maximum absolute atomic E-state index is 11.9. The van der Waals surface area contributed by atoms with Crippen LogP contribution in [0.25, 0.3) is 0 Å². The highest BCUT2D eigenvalue weighted by molar-refractivity contribution is 7.89. The lowest BCUT2D eigenvalue weighted by Crippen LogP contribution is -2.42. The van der Waals surface area contributed by atoms with Gasteiger partial charge in [-0.3, -0.25) is 0 Å². The van der Waals surface area contributed by atoms with E-state index in [-0.39, 0.29) is 11.5 Å². The molecule has 0 aliphatic rings. The zero-order valence-electron chi connectivity index (χ0n) is 10.5. The first-order chi connectivity index (χ1) is 8.36. The molecule has 0 heterocycles. The van der Waals surface area contributed by atoms with Crippen LogP contribution < -0.4 is 10.3 Å². The molecule has 0 unspecified atom stereocenters. The zero-order chi connectivity index (χ0) is 13.8. The first-order valence-corrected chi connectivity index (χ1v) is 6.87. The Hall–Kier alpha value is -1.60. The molecule has 0 aliphatic carbocycles. The van der Waals surface area contributed by atoms with E-state index in [2.05, 4.69) is 4.74 Å². The highest BCUT2D eigenvalue weighted by atomic mass is 32.2. The van der Waals surface area contributed by atoms with Gasteiger partial charge in [0.2, 0.25) is 0 Å². The average molecular weight is 272 g/mol. The van der Waals surface area contributed by atoms with Gasteiger partial charge in [0.05, 0.1) is 11.5 Å². The van der Waals surface area contributed by atoms with Crippen LogP contribution in [-0.4, -0.2) is 21.1 Å². The van der Waals surface area contributed by atoms with E-state index in [0.29, 0.717) is 5.56 Å². The summed E-state index contributed by atoms with van der Waals surface area (Å²) in [6, 6.07) is 4.92. The molecular weight excluding hydrogens is 256 g/mol. The molecule has 18 heavy (non-hydrogen) atoms. The van der Waals surface area contributed by atoms with Crippen molar-refractivity contribution >= 4 is 16.1 Å². The second kappa shape index (κ2) is 5.83. The van der Waals surface area contributed by atoms with E-state index in [9.17, 15) is 13.2 Å². The number of benzene rings is 1. The van der Waals surface area contributed by atoms with Crippen LogP contribution in [0.3, 0.4) is 0 Å². The lowest BCUT2D eigenvalue weighted by atomic mass is 10.2. The summed E-state index contributed by atoms with van der Waals surface area (Å²) in [6.45, 7) is 5.34. The second-order valence-electron chi connectivity index (χ2n) is 3.72. The molecule has 0 spiro atoms. The Morgan fingerprint density at radius 1 is 1.33 bits per heavy atom. The summed E-state index contributed by atoms with van der Waals surface area (Å²) in [5.74, 6) is 0. The van der Waals surface area contributed by atoms with Crippen LogP contribution in [0.5, 0.6) is 0 Å². The number of carbonyl (C=O) groups is 1. The van der Waals surface area contributed by atoms with Gasteiger partial charge in [-0.1, -0.05) is 17.7 Å². The molecule has 0 aliphatic heterocycles. The molecule has 0 bridgehead atoms. The quantitative estimate of drug-likeness (QED) is 0.808. The Bertz CT molecular complexity index is 540. The molecule has 0 atom stereocenters. The zero-order valence-corrected chi connectivity index (χ0v) is 11.3. The Morgan fingerprint density at radius 2 is 2.00 bits per heavy atom. The van der Waals surface area contributed by atoms with Gasteiger partial charge in [-0.2, -0.15) is 0 Å².